The Morgan fingerprint density at radius 1 is 1.27 bits per heavy atom. The van der Waals surface area contributed by atoms with E-state index in [1.807, 2.05) is 0 Å². The first kappa shape index (κ1) is 14.0. The summed E-state index contributed by atoms with van der Waals surface area (Å²) in [5, 5.41) is 0. The Morgan fingerprint density at radius 2 is 1.93 bits per heavy atom. The minimum atomic E-state index is 0.536. The maximum atomic E-state index is 5.39. The molecule has 2 unspecified atom stereocenters. The van der Waals surface area contributed by atoms with Gasteiger partial charge in [-0.2, -0.15) is 0 Å². The van der Waals surface area contributed by atoms with E-state index in [9.17, 15) is 0 Å². The summed E-state index contributed by atoms with van der Waals surface area (Å²) in [6.07, 6.45) is 12.6. The van der Waals surface area contributed by atoms with Gasteiger partial charge in [-0.3, -0.25) is 0 Å². The Morgan fingerprint density at radius 3 is 2.40 bits per heavy atom. The Bertz CT molecular complexity index is 236. The van der Waals surface area contributed by atoms with Gasteiger partial charge in [0.05, 0.1) is 0 Å². The normalized spacial score (nSPS) is 17.5. The fraction of sp³-hybridized carbons (Fsp3) is 0.571. The molecule has 0 amide bonds. The van der Waals surface area contributed by atoms with Gasteiger partial charge in [0, 0.05) is 0 Å². The Labute approximate surface area is 94.8 Å². The van der Waals surface area contributed by atoms with Gasteiger partial charge in [-0.25, -0.2) is 0 Å². The van der Waals surface area contributed by atoms with Crippen LogP contribution in [0.15, 0.2) is 36.1 Å². The number of allylic oxidation sites excluding steroid dienone is 5. The van der Waals surface area contributed by atoms with Gasteiger partial charge in [-0.05, 0) is 44.7 Å². The number of hydrogen-bond acceptors (Lipinski definition) is 1. The first-order valence-electron chi connectivity index (χ1n) is 5.80. The van der Waals surface area contributed by atoms with Crippen LogP contribution >= 0.6 is 0 Å². The van der Waals surface area contributed by atoms with Gasteiger partial charge in [-0.15, -0.1) is 0 Å². The molecule has 0 aromatic carbocycles. The largest absolute Gasteiger partial charge is 0.405 e. The lowest BCUT2D eigenvalue weighted by atomic mass is 9.89. The van der Waals surface area contributed by atoms with Gasteiger partial charge in [-0.1, -0.05) is 43.7 Å². The molecule has 0 aromatic heterocycles. The van der Waals surface area contributed by atoms with E-state index in [1.165, 1.54) is 5.57 Å². The van der Waals surface area contributed by atoms with Crippen molar-refractivity contribution in [2.45, 2.75) is 40.5 Å². The third kappa shape index (κ3) is 6.16. The maximum absolute atomic E-state index is 5.39. The van der Waals surface area contributed by atoms with Crippen LogP contribution in [0.25, 0.3) is 0 Å². The molecule has 1 nitrogen and oxygen atoms in total. The molecule has 1 heteroatoms. The van der Waals surface area contributed by atoms with Gasteiger partial charge < -0.3 is 5.73 Å². The molecular weight excluding hydrogens is 182 g/mol. The van der Waals surface area contributed by atoms with Crippen LogP contribution in [0.2, 0.25) is 0 Å². The molecular formula is C14H25N. The molecule has 0 bridgehead atoms. The average Bonchev–Trinajstić information content (AvgIpc) is 2.22. The predicted molar refractivity (Wildman–Crippen MR) is 69.5 cm³/mol. The zero-order valence-electron chi connectivity index (χ0n) is 10.5. The second kappa shape index (κ2) is 8.34. The van der Waals surface area contributed by atoms with E-state index in [1.54, 1.807) is 6.20 Å². The van der Waals surface area contributed by atoms with Gasteiger partial charge >= 0.3 is 0 Å². The molecule has 0 spiro atoms. The smallest absolute Gasteiger partial charge is 0.0100 e. The topological polar surface area (TPSA) is 26.0 Å². The fourth-order valence-corrected chi connectivity index (χ4v) is 1.72. The van der Waals surface area contributed by atoms with Crippen LogP contribution in [-0.2, 0) is 0 Å². The molecule has 0 rings (SSSR count). The molecule has 0 saturated heterocycles. The van der Waals surface area contributed by atoms with E-state index in [0.29, 0.717) is 11.8 Å². The molecule has 0 aliphatic rings. The monoisotopic (exact) mass is 207 g/mol. The van der Waals surface area contributed by atoms with Crippen molar-refractivity contribution in [3.8, 4) is 0 Å². The van der Waals surface area contributed by atoms with Crippen molar-refractivity contribution >= 4 is 0 Å². The standard InChI is InChI=1S/C14H25N/c1-5-7-8-13(4)14(6-2)11-12(3)9-10-15/h5-7,9-10,12-13H,8,11,15H2,1-4H3/b7-5-,10-9-,14-6+. The highest BCUT2D eigenvalue weighted by atomic mass is 14.5. The Kier molecular flexibility index (Phi) is 7.79. The van der Waals surface area contributed by atoms with Crippen molar-refractivity contribution in [3.05, 3.63) is 36.1 Å². The van der Waals surface area contributed by atoms with Crippen molar-refractivity contribution in [2.75, 3.05) is 0 Å². The molecule has 0 aliphatic carbocycles. The zero-order valence-corrected chi connectivity index (χ0v) is 10.5. The summed E-state index contributed by atoms with van der Waals surface area (Å²) in [5.41, 5.74) is 6.92. The lowest BCUT2D eigenvalue weighted by molar-refractivity contribution is 0.599. The maximum Gasteiger partial charge on any atom is -0.0100 e. The predicted octanol–water partition coefficient (Wildman–Crippen LogP) is 4.03. The highest BCUT2D eigenvalue weighted by Crippen LogP contribution is 2.23. The van der Waals surface area contributed by atoms with Crippen LogP contribution in [0.4, 0.5) is 0 Å². The van der Waals surface area contributed by atoms with Crippen molar-refractivity contribution in [1.29, 1.82) is 0 Å². The van der Waals surface area contributed by atoms with Crippen LogP contribution in [0, 0.1) is 11.8 Å². The summed E-state index contributed by atoms with van der Waals surface area (Å²) in [6, 6.07) is 0. The van der Waals surface area contributed by atoms with Crippen LogP contribution in [-0.4, -0.2) is 0 Å². The first-order valence-corrected chi connectivity index (χ1v) is 5.80. The minimum Gasteiger partial charge on any atom is -0.405 e. The summed E-state index contributed by atoms with van der Waals surface area (Å²) < 4.78 is 0. The van der Waals surface area contributed by atoms with Crippen molar-refractivity contribution in [1.82, 2.24) is 0 Å². The highest BCUT2D eigenvalue weighted by molar-refractivity contribution is 5.08. The quantitative estimate of drug-likeness (QED) is 0.654. The van der Waals surface area contributed by atoms with Crippen molar-refractivity contribution < 1.29 is 0 Å². The Balaban J connectivity index is 4.24. The molecule has 15 heavy (non-hydrogen) atoms. The first-order chi connectivity index (χ1) is 7.15. The molecule has 0 aromatic rings. The van der Waals surface area contributed by atoms with E-state index in [0.717, 1.165) is 12.8 Å². The van der Waals surface area contributed by atoms with Crippen LogP contribution in [0.1, 0.15) is 40.5 Å². The lowest BCUT2D eigenvalue weighted by Gasteiger charge is -2.16. The van der Waals surface area contributed by atoms with Crippen molar-refractivity contribution in [2.24, 2.45) is 17.6 Å². The molecule has 86 valence electrons. The SMILES string of the molecule is C/C=C\CC(C)/C(=C/C)CC(C)/C=C\N. The van der Waals surface area contributed by atoms with Gasteiger partial charge in [0.2, 0.25) is 0 Å². The second-order valence-corrected chi connectivity index (χ2v) is 4.14. The van der Waals surface area contributed by atoms with Gasteiger partial charge in [0.1, 0.15) is 0 Å². The third-order valence-corrected chi connectivity index (χ3v) is 2.73. The molecule has 0 heterocycles. The van der Waals surface area contributed by atoms with E-state index in [2.05, 4.69) is 52.0 Å². The van der Waals surface area contributed by atoms with Crippen LogP contribution in [0.5, 0.6) is 0 Å². The molecule has 0 aliphatic heterocycles. The summed E-state index contributed by atoms with van der Waals surface area (Å²) in [7, 11) is 0. The minimum absolute atomic E-state index is 0.536. The van der Waals surface area contributed by atoms with Gasteiger partial charge in [0.25, 0.3) is 0 Å². The summed E-state index contributed by atoms with van der Waals surface area (Å²) >= 11 is 0. The van der Waals surface area contributed by atoms with E-state index in [-0.39, 0.29) is 0 Å². The molecule has 2 N–H and O–H groups in total. The molecule has 0 fully saturated rings. The summed E-state index contributed by atoms with van der Waals surface area (Å²) in [6.45, 7) is 8.69. The van der Waals surface area contributed by atoms with E-state index in [4.69, 9.17) is 5.73 Å². The average molecular weight is 207 g/mol. The third-order valence-electron chi connectivity index (χ3n) is 2.73. The molecule has 2 atom stereocenters. The lowest BCUT2D eigenvalue weighted by Crippen LogP contribution is -2.03. The van der Waals surface area contributed by atoms with Crippen LogP contribution in [0.3, 0.4) is 0 Å². The Hall–Kier alpha value is -0.980. The van der Waals surface area contributed by atoms with E-state index < -0.39 is 0 Å². The summed E-state index contributed by atoms with van der Waals surface area (Å²) in [5.74, 6) is 1.18. The van der Waals surface area contributed by atoms with Crippen LogP contribution < -0.4 is 5.73 Å². The number of nitrogens with two attached hydrogens (primary N) is 1. The number of hydrogen-bond donors (Lipinski definition) is 1. The molecule has 0 radical (unpaired) electrons. The zero-order chi connectivity index (χ0) is 11.7. The second-order valence-electron chi connectivity index (χ2n) is 4.14. The van der Waals surface area contributed by atoms with E-state index >= 15 is 0 Å². The highest BCUT2D eigenvalue weighted by Gasteiger charge is 2.08. The van der Waals surface area contributed by atoms with Gasteiger partial charge in [0.15, 0.2) is 0 Å². The number of rotatable bonds is 6. The molecule has 0 saturated carbocycles. The summed E-state index contributed by atoms with van der Waals surface area (Å²) in [4.78, 5) is 0. The van der Waals surface area contributed by atoms with Crippen molar-refractivity contribution in [3.63, 3.8) is 0 Å². The fourth-order valence-electron chi connectivity index (χ4n) is 1.72.